The lowest BCUT2D eigenvalue weighted by Crippen LogP contribution is -1.97. The lowest BCUT2D eigenvalue weighted by Gasteiger charge is -2.15. The van der Waals surface area contributed by atoms with E-state index in [-0.39, 0.29) is 0 Å². The molecule has 11 aromatic carbocycles. The van der Waals surface area contributed by atoms with Gasteiger partial charge in [-0.2, -0.15) is 0 Å². The van der Waals surface area contributed by atoms with Crippen LogP contribution in [0.25, 0.3) is 132 Å². The topological polar surface area (TPSA) is 9.86 Å². The lowest BCUT2D eigenvalue weighted by atomic mass is 9.95. The number of fused-ring (bicyclic) bond motifs is 11. The van der Waals surface area contributed by atoms with Gasteiger partial charge in [-0.15, -0.1) is 0 Å². The molecule has 0 amide bonds. The number of para-hydroxylation sites is 3. The number of benzene rings is 11. The molecule has 0 unspecified atom stereocenters. The molecule has 0 spiro atoms. The van der Waals surface area contributed by atoms with Crippen LogP contribution in [0, 0.1) is 0 Å². The first-order chi connectivity index (χ1) is 31.7. The van der Waals surface area contributed by atoms with Crippen molar-refractivity contribution in [2.24, 2.45) is 0 Å². The van der Waals surface area contributed by atoms with Crippen LogP contribution in [0.3, 0.4) is 0 Å². The monoisotopic (exact) mass is 810 g/mol. The summed E-state index contributed by atoms with van der Waals surface area (Å²) < 4.78 is 4.91. The van der Waals surface area contributed by atoms with Gasteiger partial charge in [-0.3, -0.25) is 0 Å². The first kappa shape index (κ1) is 35.2. The molecule has 2 nitrogen and oxygen atoms in total. The Balaban J connectivity index is 0.894. The summed E-state index contributed by atoms with van der Waals surface area (Å²) in [5.41, 5.74) is 19.7. The van der Waals surface area contributed by atoms with Crippen LogP contribution in [-0.2, 0) is 0 Å². The molecule has 1 aliphatic carbocycles. The Hall–Kier alpha value is -8.46. The molecular weight excluding hydrogens is 773 g/mol. The van der Waals surface area contributed by atoms with Crippen molar-refractivity contribution in [1.82, 2.24) is 9.13 Å². The molecule has 64 heavy (non-hydrogen) atoms. The number of rotatable bonds is 5. The fourth-order valence-electron chi connectivity index (χ4n) is 10.9. The van der Waals surface area contributed by atoms with Crippen LogP contribution in [0.4, 0.5) is 0 Å². The van der Waals surface area contributed by atoms with Gasteiger partial charge in [0.25, 0.3) is 0 Å². The largest absolute Gasteiger partial charge is 0.309 e. The molecule has 0 aliphatic heterocycles. The van der Waals surface area contributed by atoms with Gasteiger partial charge in [-0.25, -0.2) is 0 Å². The van der Waals surface area contributed by atoms with Crippen molar-refractivity contribution in [1.29, 1.82) is 0 Å². The molecule has 0 radical (unpaired) electrons. The molecule has 1 aliphatic rings. The molecule has 13 aromatic rings. The molecule has 0 N–H and O–H groups in total. The van der Waals surface area contributed by atoms with Crippen LogP contribution in [0.15, 0.2) is 231 Å². The van der Waals surface area contributed by atoms with Gasteiger partial charge in [0.15, 0.2) is 0 Å². The van der Waals surface area contributed by atoms with Crippen molar-refractivity contribution >= 4 is 65.2 Å². The highest BCUT2D eigenvalue weighted by Gasteiger charge is 2.22. The minimum absolute atomic E-state index is 1.16. The fraction of sp³-hybridized carbons (Fsp3) is 0. The Morgan fingerprint density at radius 3 is 1.72 bits per heavy atom. The maximum absolute atomic E-state index is 2.47. The summed E-state index contributed by atoms with van der Waals surface area (Å²) in [6.07, 6.45) is 0. The second kappa shape index (κ2) is 13.5. The van der Waals surface area contributed by atoms with Crippen LogP contribution in [0.5, 0.6) is 0 Å². The summed E-state index contributed by atoms with van der Waals surface area (Å²) in [5.74, 6) is 0. The molecule has 2 aromatic heterocycles. The maximum atomic E-state index is 2.47. The van der Waals surface area contributed by atoms with Gasteiger partial charge >= 0.3 is 0 Å². The van der Waals surface area contributed by atoms with Crippen LogP contribution in [0.2, 0.25) is 0 Å². The van der Waals surface area contributed by atoms with E-state index in [9.17, 15) is 0 Å². The van der Waals surface area contributed by atoms with E-state index in [4.69, 9.17) is 0 Å². The summed E-state index contributed by atoms with van der Waals surface area (Å²) in [4.78, 5) is 0. The Morgan fingerprint density at radius 1 is 0.250 bits per heavy atom. The quantitative estimate of drug-likeness (QED) is 0.164. The maximum Gasteiger partial charge on any atom is 0.0619 e. The van der Waals surface area contributed by atoms with Gasteiger partial charge in [0.1, 0.15) is 0 Å². The van der Waals surface area contributed by atoms with Gasteiger partial charge in [-0.1, -0.05) is 182 Å². The predicted molar refractivity (Wildman–Crippen MR) is 271 cm³/mol. The van der Waals surface area contributed by atoms with E-state index in [2.05, 4.69) is 240 Å². The standard InChI is InChI=1S/C62H38N2/c1-2-15-46(16-3-1)63-59-35-31-44(37-56(59)54-34-28-40-12-4-5-18-48(40)62(54)63)45-30-33-51-50-19-7-9-23-58(50)64(60(51)38-45)57-22-8-6-17-47(57)41-26-24-39(25-27-41)43-29-32-49-52-20-10-13-42-14-11-21-53(61(42)52)55(49)36-43/h1-38H. The van der Waals surface area contributed by atoms with Crippen molar-refractivity contribution in [2.45, 2.75) is 0 Å². The van der Waals surface area contributed by atoms with Crippen molar-refractivity contribution in [3.05, 3.63) is 231 Å². The Bertz CT molecular complexity index is 4050. The number of aromatic nitrogens is 2. The third-order valence-corrected chi connectivity index (χ3v) is 13.9. The van der Waals surface area contributed by atoms with Crippen LogP contribution in [-0.4, -0.2) is 9.13 Å². The molecule has 296 valence electrons. The number of hydrogen-bond donors (Lipinski definition) is 0. The van der Waals surface area contributed by atoms with Crippen LogP contribution >= 0.6 is 0 Å². The lowest BCUT2D eigenvalue weighted by molar-refractivity contribution is 1.18. The molecule has 0 fully saturated rings. The van der Waals surface area contributed by atoms with Crippen molar-refractivity contribution < 1.29 is 0 Å². The first-order valence-corrected chi connectivity index (χ1v) is 22.2. The summed E-state index contributed by atoms with van der Waals surface area (Å²) in [7, 11) is 0. The van der Waals surface area contributed by atoms with E-state index < -0.39 is 0 Å². The molecule has 14 rings (SSSR count). The zero-order valence-corrected chi connectivity index (χ0v) is 34.8. The highest BCUT2D eigenvalue weighted by Crippen LogP contribution is 2.48. The van der Waals surface area contributed by atoms with Crippen LogP contribution < -0.4 is 0 Å². The SMILES string of the molecule is c1ccc(-n2c3ccc(-c4ccc5c6ccccc6n(-c6ccccc6-c6ccc(-c7ccc8c(c7)-c7cccc9cccc-8c79)cc6)c5c4)cc3c3ccc4ccccc4c32)cc1. The molecule has 0 saturated carbocycles. The second-order valence-electron chi connectivity index (χ2n) is 17.2. The highest BCUT2D eigenvalue weighted by molar-refractivity contribution is 6.20. The van der Waals surface area contributed by atoms with Crippen LogP contribution in [0.1, 0.15) is 0 Å². The Morgan fingerprint density at radius 2 is 0.844 bits per heavy atom. The van der Waals surface area contributed by atoms with E-state index in [1.165, 1.54) is 126 Å². The summed E-state index contributed by atoms with van der Waals surface area (Å²) >= 11 is 0. The highest BCUT2D eigenvalue weighted by atomic mass is 15.0. The van der Waals surface area contributed by atoms with Crippen molar-refractivity contribution in [3.8, 4) is 67.0 Å². The first-order valence-electron chi connectivity index (χ1n) is 22.2. The smallest absolute Gasteiger partial charge is 0.0619 e. The molecule has 2 heteroatoms. The summed E-state index contributed by atoms with van der Waals surface area (Å²) in [6, 6.07) is 85.3. The molecule has 0 bridgehead atoms. The van der Waals surface area contributed by atoms with Gasteiger partial charge in [0, 0.05) is 38.2 Å². The van der Waals surface area contributed by atoms with E-state index >= 15 is 0 Å². The van der Waals surface area contributed by atoms with Crippen molar-refractivity contribution in [3.63, 3.8) is 0 Å². The van der Waals surface area contributed by atoms with Gasteiger partial charge < -0.3 is 9.13 Å². The molecular formula is C62H38N2. The van der Waals surface area contributed by atoms with E-state index in [0.29, 0.717) is 0 Å². The molecule has 0 atom stereocenters. The average Bonchev–Trinajstić information content (AvgIpc) is 4.00. The second-order valence-corrected chi connectivity index (χ2v) is 17.2. The Kier molecular flexibility index (Phi) is 7.43. The van der Waals surface area contributed by atoms with Gasteiger partial charge in [0.2, 0.25) is 0 Å². The minimum atomic E-state index is 1.16. The number of hydrogen-bond acceptors (Lipinski definition) is 0. The van der Waals surface area contributed by atoms with Gasteiger partial charge in [0.05, 0.1) is 27.8 Å². The fourth-order valence-corrected chi connectivity index (χ4v) is 10.9. The normalized spacial score (nSPS) is 12.1. The van der Waals surface area contributed by atoms with E-state index in [1.54, 1.807) is 0 Å². The Labute approximate surface area is 370 Å². The average molecular weight is 811 g/mol. The zero-order valence-electron chi connectivity index (χ0n) is 34.8. The summed E-state index contributed by atoms with van der Waals surface area (Å²) in [5, 5.41) is 10.2. The van der Waals surface area contributed by atoms with E-state index in [0.717, 1.165) is 5.69 Å². The third-order valence-electron chi connectivity index (χ3n) is 13.9. The van der Waals surface area contributed by atoms with E-state index in [1.807, 2.05) is 0 Å². The van der Waals surface area contributed by atoms with Crippen molar-refractivity contribution in [2.75, 3.05) is 0 Å². The zero-order chi connectivity index (χ0) is 41.9. The molecule has 2 heterocycles. The predicted octanol–water partition coefficient (Wildman–Crippen LogP) is 16.8. The third kappa shape index (κ3) is 5.08. The number of nitrogens with zero attached hydrogens (tertiary/aromatic N) is 2. The van der Waals surface area contributed by atoms with Gasteiger partial charge in [-0.05, 0) is 115 Å². The molecule has 0 saturated heterocycles. The summed E-state index contributed by atoms with van der Waals surface area (Å²) in [6.45, 7) is 0. The minimum Gasteiger partial charge on any atom is -0.309 e.